The Labute approximate surface area is 145 Å². The zero-order valence-electron chi connectivity index (χ0n) is 14.0. The van der Waals surface area contributed by atoms with Gasteiger partial charge in [0.05, 0.1) is 7.11 Å². The highest BCUT2D eigenvalue weighted by Gasteiger charge is 2.19. The van der Waals surface area contributed by atoms with E-state index in [2.05, 4.69) is 10.1 Å². The second-order valence-electron chi connectivity index (χ2n) is 5.29. The maximum absolute atomic E-state index is 12.0. The van der Waals surface area contributed by atoms with E-state index in [9.17, 15) is 4.79 Å². The first-order valence-corrected chi connectivity index (χ1v) is 7.70. The van der Waals surface area contributed by atoms with E-state index in [1.807, 2.05) is 48.7 Å². The molecule has 0 saturated carbocycles. The first kappa shape index (κ1) is 16.6. The average molecular weight is 338 g/mol. The molecule has 3 rings (SSSR count). The number of methoxy groups -OCH3 is 1. The van der Waals surface area contributed by atoms with E-state index < -0.39 is 5.97 Å². The van der Waals surface area contributed by atoms with Crippen LogP contribution in [0.4, 0.5) is 0 Å². The molecule has 0 fully saturated rings. The zero-order chi connectivity index (χ0) is 17.6. The predicted octanol–water partition coefficient (Wildman–Crippen LogP) is 3.27. The summed E-state index contributed by atoms with van der Waals surface area (Å²) in [6.45, 7) is 0.284. The van der Waals surface area contributed by atoms with Crippen molar-refractivity contribution in [2.45, 2.75) is 6.61 Å². The molecule has 0 aliphatic carbocycles. The van der Waals surface area contributed by atoms with Crippen LogP contribution in [0.15, 0.2) is 59.9 Å². The second-order valence-corrected chi connectivity index (χ2v) is 5.29. The Morgan fingerprint density at radius 1 is 1.12 bits per heavy atom. The van der Waals surface area contributed by atoms with Crippen molar-refractivity contribution in [1.82, 2.24) is 4.98 Å². The molecule has 6 nitrogen and oxygen atoms in total. The fourth-order valence-electron chi connectivity index (χ4n) is 2.54. The molecule has 25 heavy (non-hydrogen) atoms. The summed E-state index contributed by atoms with van der Waals surface area (Å²) >= 11 is 0. The monoisotopic (exact) mass is 338 g/mol. The molecular formula is C19H18N2O4. The van der Waals surface area contributed by atoms with Crippen molar-refractivity contribution in [3.8, 4) is 5.75 Å². The molecule has 0 spiro atoms. The van der Waals surface area contributed by atoms with Gasteiger partial charge in [-0.05, 0) is 29.8 Å². The van der Waals surface area contributed by atoms with E-state index in [0.29, 0.717) is 5.56 Å². The minimum absolute atomic E-state index is 0.102. The highest BCUT2D eigenvalue weighted by Crippen LogP contribution is 2.21. The number of oxime groups is 1. The standard InChI is InChI=1S/C19H18N2O4/c1-23-19(22)18(21-24-2)16-6-4-3-5-14(16)12-25-15-7-8-17-13(11-15)9-10-20-17/h3-11,20H,12H2,1-2H3. The third kappa shape index (κ3) is 3.63. The van der Waals surface area contributed by atoms with E-state index in [0.717, 1.165) is 22.2 Å². The van der Waals surface area contributed by atoms with Crippen LogP contribution in [0.2, 0.25) is 0 Å². The van der Waals surface area contributed by atoms with Gasteiger partial charge < -0.3 is 19.3 Å². The molecule has 0 unspecified atom stereocenters. The first-order chi connectivity index (χ1) is 12.2. The molecular weight excluding hydrogens is 320 g/mol. The summed E-state index contributed by atoms with van der Waals surface area (Å²) < 4.78 is 10.7. The molecule has 3 aromatic rings. The van der Waals surface area contributed by atoms with Crippen LogP contribution < -0.4 is 4.74 Å². The number of hydrogen-bond donors (Lipinski definition) is 1. The van der Waals surface area contributed by atoms with Crippen molar-refractivity contribution in [3.05, 3.63) is 65.9 Å². The van der Waals surface area contributed by atoms with Crippen molar-refractivity contribution in [1.29, 1.82) is 0 Å². The number of carbonyl (C=O) groups is 1. The molecule has 0 aliphatic heterocycles. The summed E-state index contributed by atoms with van der Waals surface area (Å²) in [6.07, 6.45) is 1.88. The summed E-state index contributed by atoms with van der Waals surface area (Å²) in [5.41, 5.74) is 2.56. The highest BCUT2D eigenvalue weighted by molar-refractivity contribution is 6.43. The lowest BCUT2D eigenvalue weighted by Crippen LogP contribution is -2.19. The molecule has 0 aliphatic rings. The fraction of sp³-hybridized carbons (Fsp3) is 0.158. The quantitative estimate of drug-likeness (QED) is 0.425. The largest absolute Gasteiger partial charge is 0.489 e. The van der Waals surface area contributed by atoms with Crippen LogP contribution in [0.5, 0.6) is 5.75 Å². The Morgan fingerprint density at radius 2 is 1.96 bits per heavy atom. The van der Waals surface area contributed by atoms with E-state index in [1.165, 1.54) is 14.2 Å². The average Bonchev–Trinajstić information content (AvgIpc) is 3.12. The number of carbonyl (C=O) groups excluding carboxylic acids is 1. The first-order valence-electron chi connectivity index (χ1n) is 7.70. The summed E-state index contributed by atoms with van der Waals surface area (Å²) in [5.74, 6) is 0.174. The number of H-pyrrole nitrogens is 1. The summed E-state index contributed by atoms with van der Waals surface area (Å²) in [5, 5.41) is 4.87. The van der Waals surface area contributed by atoms with Crippen molar-refractivity contribution < 1.29 is 19.1 Å². The Bertz CT molecular complexity index is 914. The van der Waals surface area contributed by atoms with Crippen LogP contribution in [0.1, 0.15) is 11.1 Å². The molecule has 0 radical (unpaired) electrons. The van der Waals surface area contributed by atoms with E-state index >= 15 is 0 Å². The summed E-state index contributed by atoms with van der Waals surface area (Å²) in [4.78, 5) is 19.9. The van der Waals surface area contributed by atoms with Crippen molar-refractivity contribution in [2.75, 3.05) is 14.2 Å². The normalized spacial score (nSPS) is 11.4. The number of nitrogens with one attached hydrogen (secondary N) is 1. The molecule has 1 aromatic heterocycles. The molecule has 0 amide bonds. The number of nitrogens with zero attached hydrogens (tertiary/aromatic N) is 1. The van der Waals surface area contributed by atoms with Crippen LogP contribution >= 0.6 is 0 Å². The number of fused-ring (bicyclic) bond motifs is 1. The lowest BCUT2D eigenvalue weighted by molar-refractivity contribution is -0.132. The van der Waals surface area contributed by atoms with Crippen LogP contribution in [0.25, 0.3) is 10.9 Å². The van der Waals surface area contributed by atoms with Gasteiger partial charge in [-0.15, -0.1) is 0 Å². The lowest BCUT2D eigenvalue weighted by Gasteiger charge is -2.12. The third-order valence-electron chi connectivity index (χ3n) is 3.75. The van der Waals surface area contributed by atoms with E-state index in [-0.39, 0.29) is 12.3 Å². The number of aromatic amines is 1. The Morgan fingerprint density at radius 3 is 2.76 bits per heavy atom. The van der Waals surface area contributed by atoms with Gasteiger partial charge in [0.1, 0.15) is 19.5 Å². The van der Waals surface area contributed by atoms with Crippen molar-refractivity contribution in [2.24, 2.45) is 5.16 Å². The predicted molar refractivity (Wildman–Crippen MR) is 94.6 cm³/mol. The Kier molecular flexibility index (Phi) is 4.99. The maximum Gasteiger partial charge on any atom is 0.360 e. The van der Waals surface area contributed by atoms with Crippen LogP contribution in [0, 0.1) is 0 Å². The number of aromatic nitrogens is 1. The molecule has 1 N–H and O–H groups in total. The lowest BCUT2D eigenvalue weighted by atomic mass is 10.0. The van der Waals surface area contributed by atoms with E-state index in [4.69, 9.17) is 14.3 Å². The number of rotatable bonds is 6. The topological polar surface area (TPSA) is 72.9 Å². The number of ether oxygens (including phenoxy) is 2. The summed E-state index contributed by atoms with van der Waals surface area (Å²) in [7, 11) is 2.69. The van der Waals surface area contributed by atoms with Crippen LogP contribution in [-0.2, 0) is 21.0 Å². The fourth-order valence-corrected chi connectivity index (χ4v) is 2.54. The molecule has 2 aromatic carbocycles. The van der Waals surface area contributed by atoms with Gasteiger partial charge in [0.2, 0.25) is 0 Å². The third-order valence-corrected chi connectivity index (χ3v) is 3.75. The van der Waals surface area contributed by atoms with Gasteiger partial charge in [-0.2, -0.15) is 0 Å². The SMILES string of the molecule is CON=C(C(=O)OC)c1ccccc1COc1ccc2[nH]ccc2c1. The molecule has 0 bridgehead atoms. The minimum Gasteiger partial charge on any atom is -0.489 e. The van der Waals surface area contributed by atoms with Gasteiger partial charge >= 0.3 is 5.97 Å². The summed E-state index contributed by atoms with van der Waals surface area (Å²) in [6, 6.07) is 15.1. The van der Waals surface area contributed by atoms with Crippen LogP contribution in [-0.4, -0.2) is 30.9 Å². The maximum atomic E-state index is 12.0. The smallest absolute Gasteiger partial charge is 0.360 e. The molecule has 6 heteroatoms. The molecule has 1 heterocycles. The zero-order valence-corrected chi connectivity index (χ0v) is 14.0. The Hall–Kier alpha value is -3.28. The van der Waals surface area contributed by atoms with Crippen molar-refractivity contribution >= 4 is 22.6 Å². The number of benzene rings is 2. The van der Waals surface area contributed by atoms with Gasteiger partial charge in [-0.3, -0.25) is 0 Å². The van der Waals surface area contributed by atoms with Gasteiger partial charge in [0.15, 0.2) is 5.71 Å². The number of hydrogen-bond acceptors (Lipinski definition) is 5. The molecule has 0 atom stereocenters. The van der Waals surface area contributed by atoms with Gasteiger partial charge in [0.25, 0.3) is 0 Å². The minimum atomic E-state index is -0.567. The number of esters is 1. The second kappa shape index (κ2) is 7.53. The van der Waals surface area contributed by atoms with E-state index in [1.54, 1.807) is 6.07 Å². The van der Waals surface area contributed by atoms with Crippen molar-refractivity contribution in [3.63, 3.8) is 0 Å². The molecule has 0 saturated heterocycles. The van der Waals surface area contributed by atoms with Crippen LogP contribution in [0.3, 0.4) is 0 Å². The molecule has 128 valence electrons. The van der Waals surface area contributed by atoms with Gasteiger partial charge in [-0.1, -0.05) is 29.4 Å². The van der Waals surface area contributed by atoms with Gasteiger partial charge in [0, 0.05) is 22.7 Å². The highest BCUT2D eigenvalue weighted by atomic mass is 16.6. The Balaban J connectivity index is 1.85. The van der Waals surface area contributed by atoms with Gasteiger partial charge in [-0.25, -0.2) is 4.79 Å².